The molecule has 148 valence electrons. The van der Waals surface area contributed by atoms with Gasteiger partial charge in [-0.25, -0.2) is 13.2 Å². The van der Waals surface area contributed by atoms with E-state index in [1.807, 2.05) is 17.0 Å². The summed E-state index contributed by atoms with van der Waals surface area (Å²) in [6.45, 7) is 2.07. The molecule has 27 heavy (non-hydrogen) atoms. The van der Waals surface area contributed by atoms with Gasteiger partial charge in [0.2, 0.25) is 10.0 Å². The highest BCUT2D eigenvalue weighted by Crippen LogP contribution is 2.35. The van der Waals surface area contributed by atoms with Crippen LogP contribution in [0, 0.1) is 5.92 Å². The molecule has 1 saturated carbocycles. The number of amides is 2. The Balaban J connectivity index is 1.38. The molecule has 1 aliphatic carbocycles. The van der Waals surface area contributed by atoms with E-state index in [1.165, 1.54) is 12.8 Å². The molecule has 1 aromatic heterocycles. The van der Waals surface area contributed by atoms with E-state index < -0.39 is 10.0 Å². The Morgan fingerprint density at radius 3 is 2.70 bits per heavy atom. The first kappa shape index (κ1) is 18.7. The zero-order valence-electron chi connectivity index (χ0n) is 15.6. The fourth-order valence-corrected chi connectivity index (χ4v) is 6.91. The number of nitrogens with zero attached hydrogens (tertiary/aromatic N) is 3. The summed E-state index contributed by atoms with van der Waals surface area (Å²) in [5, 5.41) is 2.75. The zero-order chi connectivity index (χ0) is 18.9. The number of urea groups is 1. The van der Waals surface area contributed by atoms with Crippen LogP contribution >= 0.6 is 0 Å². The highest BCUT2D eigenvalue weighted by molar-refractivity contribution is 7.90. The molecule has 1 aromatic rings. The quantitative estimate of drug-likeness (QED) is 0.852. The number of nitrogens with one attached hydrogen (secondary N) is 1. The molecule has 0 spiro atoms. The van der Waals surface area contributed by atoms with Crippen LogP contribution in [0.1, 0.15) is 44.1 Å². The molecule has 3 fully saturated rings. The average molecular weight is 393 g/mol. The van der Waals surface area contributed by atoms with Gasteiger partial charge in [0.1, 0.15) is 0 Å². The van der Waals surface area contributed by atoms with Crippen molar-refractivity contribution in [3.8, 4) is 0 Å². The highest BCUT2D eigenvalue weighted by Gasteiger charge is 2.47. The third-order valence-electron chi connectivity index (χ3n) is 6.21. The van der Waals surface area contributed by atoms with Crippen molar-refractivity contribution in [2.45, 2.75) is 56.4 Å². The summed E-state index contributed by atoms with van der Waals surface area (Å²) < 4.78 is 27.7. The number of rotatable bonds is 3. The Bertz CT molecular complexity index is 764. The van der Waals surface area contributed by atoms with Crippen LogP contribution in [0.3, 0.4) is 0 Å². The number of pyridine rings is 1. The van der Waals surface area contributed by atoms with E-state index in [1.54, 1.807) is 16.7 Å². The standard InChI is InChI=1S/C19H28N4O3S/c24-19(21-17-5-1-2-6-17)22-10-7-16-14-23(13-15-4-3-9-20-12-15)27(25,26)18(16)8-11-22/h3-4,9,12,16-18H,1-2,5-8,10-11,13-14H2,(H,21,24)/t16-,18-/m1/s1. The Morgan fingerprint density at radius 1 is 1.19 bits per heavy atom. The van der Waals surface area contributed by atoms with Crippen molar-refractivity contribution in [2.24, 2.45) is 5.92 Å². The molecular weight excluding hydrogens is 364 g/mol. The highest BCUT2D eigenvalue weighted by atomic mass is 32.2. The predicted octanol–water partition coefficient (Wildman–Crippen LogP) is 1.96. The Morgan fingerprint density at radius 2 is 1.96 bits per heavy atom. The topological polar surface area (TPSA) is 82.6 Å². The molecule has 2 atom stereocenters. The maximum Gasteiger partial charge on any atom is 0.317 e. The van der Waals surface area contributed by atoms with Gasteiger partial charge in [-0.15, -0.1) is 0 Å². The number of carbonyl (C=O) groups is 1. The van der Waals surface area contributed by atoms with Crippen LogP contribution in [0.2, 0.25) is 0 Å². The van der Waals surface area contributed by atoms with Crippen LogP contribution in [0.5, 0.6) is 0 Å². The van der Waals surface area contributed by atoms with Gasteiger partial charge in [0, 0.05) is 44.6 Å². The monoisotopic (exact) mass is 392 g/mol. The van der Waals surface area contributed by atoms with Gasteiger partial charge in [0.15, 0.2) is 0 Å². The average Bonchev–Trinajstić information content (AvgIpc) is 3.16. The lowest BCUT2D eigenvalue weighted by Crippen LogP contribution is -2.44. The number of sulfonamides is 1. The molecule has 3 heterocycles. The number of hydrogen-bond donors (Lipinski definition) is 1. The third kappa shape index (κ3) is 3.96. The first-order valence-electron chi connectivity index (χ1n) is 9.97. The smallest absolute Gasteiger partial charge is 0.317 e. The van der Waals surface area contributed by atoms with Crippen molar-refractivity contribution >= 4 is 16.1 Å². The van der Waals surface area contributed by atoms with Crippen LogP contribution in [0.4, 0.5) is 4.79 Å². The summed E-state index contributed by atoms with van der Waals surface area (Å²) in [5.41, 5.74) is 0.912. The second-order valence-corrected chi connectivity index (χ2v) is 10.1. The molecule has 2 saturated heterocycles. The lowest BCUT2D eigenvalue weighted by molar-refractivity contribution is 0.194. The molecule has 8 heteroatoms. The van der Waals surface area contributed by atoms with E-state index in [-0.39, 0.29) is 17.2 Å². The Labute approximate surface area is 161 Å². The lowest BCUT2D eigenvalue weighted by Gasteiger charge is -2.24. The molecule has 4 rings (SSSR count). The van der Waals surface area contributed by atoms with Gasteiger partial charge in [-0.05, 0) is 43.2 Å². The van der Waals surface area contributed by atoms with Crippen molar-refractivity contribution in [3.05, 3.63) is 30.1 Å². The molecular formula is C19H28N4O3S. The minimum absolute atomic E-state index is 0.0218. The molecule has 0 unspecified atom stereocenters. The van der Waals surface area contributed by atoms with Crippen molar-refractivity contribution < 1.29 is 13.2 Å². The summed E-state index contributed by atoms with van der Waals surface area (Å²) in [6.07, 6.45) is 9.15. The molecule has 2 amide bonds. The first-order valence-corrected chi connectivity index (χ1v) is 11.5. The van der Waals surface area contributed by atoms with Gasteiger partial charge >= 0.3 is 6.03 Å². The van der Waals surface area contributed by atoms with E-state index in [2.05, 4.69) is 10.3 Å². The summed E-state index contributed by atoms with van der Waals surface area (Å²) in [7, 11) is -3.33. The maximum absolute atomic E-state index is 13.0. The molecule has 0 radical (unpaired) electrons. The number of hydrogen-bond acceptors (Lipinski definition) is 4. The summed E-state index contributed by atoms with van der Waals surface area (Å²) in [5.74, 6) is 0.0935. The summed E-state index contributed by atoms with van der Waals surface area (Å²) >= 11 is 0. The number of aromatic nitrogens is 1. The third-order valence-corrected chi connectivity index (χ3v) is 8.60. The fraction of sp³-hybridized carbons (Fsp3) is 0.684. The molecule has 7 nitrogen and oxygen atoms in total. The van der Waals surface area contributed by atoms with Crippen molar-refractivity contribution in [1.29, 1.82) is 0 Å². The van der Waals surface area contributed by atoms with Crippen molar-refractivity contribution in [1.82, 2.24) is 19.5 Å². The minimum atomic E-state index is -3.33. The molecule has 0 aromatic carbocycles. The molecule has 1 N–H and O–H groups in total. The van der Waals surface area contributed by atoms with Gasteiger partial charge in [-0.3, -0.25) is 4.98 Å². The first-order chi connectivity index (χ1) is 13.0. The minimum Gasteiger partial charge on any atom is -0.335 e. The number of fused-ring (bicyclic) bond motifs is 1. The SMILES string of the molecule is O=C(NC1CCCC1)N1CC[C@@H]2CN(Cc3cccnc3)S(=O)(=O)[C@@H]2CC1. The normalized spacial score (nSPS) is 28.7. The zero-order valence-corrected chi connectivity index (χ0v) is 16.4. The fourth-order valence-electron chi connectivity index (χ4n) is 4.69. The van der Waals surface area contributed by atoms with E-state index in [4.69, 9.17) is 0 Å². The van der Waals surface area contributed by atoms with Crippen LogP contribution in [0.25, 0.3) is 0 Å². The van der Waals surface area contributed by atoms with E-state index in [0.717, 1.165) is 24.8 Å². The van der Waals surface area contributed by atoms with E-state index in [0.29, 0.717) is 38.6 Å². The van der Waals surface area contributed by atoms with Crippen LogP contribution in [-0.2, 0) is 16.6 Å². The van der Waals surface area contributed by atoms with Crippen LogP contribution < -0.4 is 5.32 Å². The Hall–Kier alpha value is -1.67. The number of likely N-dealkylation sites (tertiary alicyclic amines) is 1. The van der Waals surface area contributed by atoms with Gasteiger partial charge in [0.25, 0.3) is 0 Å². The largest absolute Gasteiger partial charge is 0.335 e. The van der Waals surface area contributed by atoms with Crippen LogP contribution in [-0.4, -0.2) is 59.6 Å². The molecule has 3 aliphatic rings. The summed E-state index contributed by atoms with van der Waals surface area (Å²) in [4.78, 5) is 18.4. The van der Waals surface area contributed by atoms with Crippen molar-refractivity contribution in [3.63, 3.8) is 0 Å². The second kappa shape index (κ2) is 7.75. The van der Waals surface area contributed by atoms with Crippen molar-refractivity contribution in [2.75, 3.05) is 19.6 Å². The van der Waals surface area contributed by atoms with Gasteiger partial charge in [-0.1, -0.05) is 18.9 Å². The predicted molar refractivity (Wildman–Crippen MR) is 102 cm³/mol. The van der Waals surface area contributed by atoms with E-state index >= 15 is 0 Å². The van der Waals surface area contributed by atoms with Gasteiger partial charge in [0.05, 0.1) is 5.25 Å². The maximum atomic E-state index is 13.0. The van der Waals surface area contributed by atoms with Crippen LogP contribution in [0.15, 0.2) is 24.5 Å². The van der Waals surface area contributed by atoms with Gasteiger partial charge in [-0.2, -0.15) is 4.31 Å². The Kier molecular flexibility index (Phi) is 5.36. The molecule has 0 bridgehead atoms. The van der Waals surface area contributed by atoms with Gasteiger partial charge < -0.3 is 10.2 Å². The summed E-state index contributed by atoms with van der Waals surface area (Å²) in [6, 6.07) is 4.01. The molecule has 2 aliphatic heterocycles. The van der Waals surface area contributed by atoms with E-state index in [9.17, 15) is 13.2 Å². The number of carbonyl (C=O) groups excluding carboxylic acids is 1. The second-order valence-electron chi connectivity index (χ2n) is 7.99. The lowest BCUT2D eigenvalue weighted by atomic mass is 10.0.